The summed E-state index contributed by atoms with van der Waals surface area (Å²) >= 11 is 0. The van der Waals surface area contributed by atoms with Gasteiger partial charge in [0.05, 0.1) is 37.8 Å². The van der Waals surface area contributed by atoms with Crippen molar-refractivity contribution in [3.8, 4) is 17.2 Å². The van der Waals surface area contributed by atoms with Crippen LogP contribution in [0.15, 0.2) is 41.3 Å². The Hall–Kier alpha value is -2.86. The zero-order valence-corrected chi connectivity index (χ0v) is 19.0. The molecular formula is C21H25F3N2O6S. The number of morpholine rings is 1. The number of alkyl halides is 3. The fourth-order valence-electron chi connectivity index (χ4n) is 3.31. The molecule has 0 aromatic heterocycles. The molecule has 0 bridgehead atoms. The van der Waals surface area contributed by atoms with Crippen molar-refractivity contribution in [2.75, 3.05) is 49.1 Å². The Balaban J connectivity index is 2.02. The lowest BCUT2D eigenvalue weighted by molar-refractivity contribution is -0.275. The third-order valence-corrected chi connectivity index (χ3v) is 6.03. The highest BCUT2D eigenvalue weighted by atomic mass is 32.2. The van der Waals surface area contributed by atoms with Crippen molar-refractivity contribution >= 4 is 21.4 Å². The first-order chi connectivity index (χ1) is 15.6. The van der Waals surface area contributed by atoms with Crippen molar-refractivity contribution in [3.63, 3.8) is 0 Å². The Labute approximate surface area is 190 Å². The molecule has 2 aromatic rings. The number of nitrogens with zero attached hydrogens (tertiary/aromatic N) is 1. The van der Waals surface area contributed by atoms with Gasteiger partial charge in [0, 0.05) is 25.2 Å². The first kappa shape index (κ1) is 24.8. The van der Waals surface area contributed by atoms with Gasteiger partial charge in [-0.25, -0.2) is 8.42 Å². The van der Waals surface area contributed by atoms with Crippen molar-refractivity contribution < 1.29 is 40.5 Å². The molecule has 12 heteroatoms. The van der Waals surface area contributed by atoms with Crippen molar-refractivity contribution in [3.05, 3.63) is 36.4 Å². The van der Waals surface area contributed by atoms with Crippen LogP contribution in [0, 0.1) is 0 Å². The van der Waals surface area contributed by atoms with Gasteiger partial charge < -0.3 is 23.8 Å². The predicted octanol–water partition coefficient (Wildman–Crippen LogP) is 4.02. The number of ether oxygens (including phenoxy) is 4. The monoisotopic (exact) mass is 490 g/mol. The molecule has 0 unspecified atom stereocenters. The van der Waals surface area contributed by atoms with Crippen molar-refractivity contribution in [1.29, 1.82) is 0 Å². The number of sulfonamides is 1. The van der Waals surface area contributed by atoms with E-state index in [1.54, 1.807) is 19.9 Å². The van der Waals surface area contributed by atoms with Gasteiger partial charge in [-0.3, -0.25) is 4.72 Å². The van der Waals surface area contributed by atoms with Crippen LogP contribution in [-0.2, 0) is 14.8 Å². The number of hydrogen-bond donors (Lipinski definition) is 1. The van der Waals surface area contributed by atoms with E-state index in [1.165, 1.54) is 18.2 Å². The van der Waals surface area contributed by atoms with Crippen LogP contribution in [0.5, 0.6) is 17.2 Å². The van der Waals surface area contributed by atoms with Gasteiger partial charge >= 0.3 is 6.36 Å². The highest BCUT2D eigenvalue weighted by Gasteiger charge is 2.34. The molecule has 182 valence electrons. The van der Waals surface area contributed by atoms with Gasteiger partial charge in [0.1, 0.15) is 22.1 Å². The van der Waals surface area contributed by atoms with E-state index in [4.69, 9.17) is 14.2 Å². The SMILES string of the molecule is CCOc1cc(N2CCOCC2)c(OCC)cc1NS(=O)(=O)c1ccccc1OC(F)(F)F. The van der Waals surface area contributed by atoms with E-state index in [-0.39, 0.29) is 18.0 Å². The van der Waals surface area contributed by atoms with E-state index in [1.807, 2.05) is 4.90 Å². The molecule has 33 heavy (non-hydrogen) atoms. The first-order valence-corrected chi connectivity index (χ1v) is 11.8. The van der Waals surface area contributed by atoms with Crippen LogP contribution in [-0.4, -0.2) is 54.3 Å². The average molecular weight is 491 g/mol. The molecule has 0 saturated carbocycles. The smallest absolute Gasteiger partial charge is 0.492 e. The fourth-order valence-corrected chi connectivity index (χ4v) is 4.50. The molecule has 0 aliphatic carbocycles. The minimum absolute atomic E-state index is 0.0270. The molecule has 3 rings (SSSR count). The molecule has 2 aromatic carbocycles. The van der Waals surface area contributed by atoms with E-state index < -0.39 is 27.0 Å². The summed E-state index contributed by atoms with van der Waals surface area (Å²) in [5, 5.41) is 0. The van der Waals surface area contributed by atoms with Gasteiger partial charge in [-0.2, -0.15) is 0 Å². The van der Waals surface area contributed by atoms with Crippen LogP contribution in [0.1, 0.15) is 13.8 Å². The largest absolute Gasteiger partial charge is 0.573 e. The second kappa shape index (κ2) is 10.4. The summed E-state index contributed by atoms with van der Waals surface area (Å²) in [6.45, 7) is 6.35. The number of para-hydroxylation sites is 1. The highest BCUT2D eigenvalue weighted by molar-refractivity contribution is 7.92. The molecular weight excluding hydrogens is 465 g/mol. The van der Waals surface area contributed by atoms with E-state index >= 15 is 0 Å². The van der Waals surface area contributed by atoms with Crippen LogP contribution in [0.4, 0.5) is 24.5 Å². The summed E-state index contributed by atoms with van der Waals surface area (Å²) in [5.41, 5.74) is 0.728. The quantitative estimate of drug-likeness (QED) is 0.568. The van der Waals surface area contributed by atoms with Crippen molar-refractivity contribution in [2.45, 2.75) is 25.1 Å². The molecule has 1 fully saturated rings. The summed E-state index contributed by atoms with van der Waals surface area (Å²) in [5.74, 6) is -0.231. The summed E-state index contributed by atoms with van der Waals surface area (Å²) < 4.78 is 87.4. The lowest BCUT2D eigenvalue weighted by Gasteiger charge is -2.31. The molecule has 0 amide bonds. The number of nitrogens with one attached hydrogen (secondary N) is 1. The molecule has 1 aliphatic rings. The van der Waals surface area contributed by atoms with Crippen molar-refractivity contribution in [1.82, 2.24) is 0 Å². The van der Waals surface area contributed by atoms with Crippen LogP contribution < -0.4 is 23.8 Å². The van der Waals surface area contributed by atoms with Crippen LogP contribution in [0.2, 0.25) is 0 Å². The Bertz CT molecular complexity index is 1060. The average Bonchev–Trinajstić information content (AvgIpc) is 2.75. The van der Waals surface area contributed by atoms with Crippen molar-refractivity contribution in [2.24, 2.45) is 0 Å². The highest BCUT2D eigenvalue weighted by Crippen LogP contribution is 2.41. The third-order valence-electron chi connectivity index (χ3n) is 4.62. The summed E-state index contributed by atoms with van der Waals surface area (Å²) in [7, 11) is -4.47. The van der Waals surface area contributed by atoms with Gasteiger partial charge in [-0.05, 0) is 26.0 Å². The van der Waals surface area contributed by atoms with Crippen LogP contribution >= 0.6 is 0 Å². The van der Waals surface area contributed by atoms with E-state index in [2.05, 4.69) is 9.46 Å². The molecule has 0 radical (unpaired) electrons. The Kier molecular flexibility index (Phi) is 7.80. The van der Waals surface area contributed by atoms with E-state index in [0.29, 0.717) is 44.3 Å². The molecule has 1 N–H and O–H groups in total. The molecule has 1 saturated heterocycles. The fraction of sp³-hybridized carbons (Fsp3) is 0.429. The third kappa shape index (κ3) is 6.35. The number of halogens is 3. The topological polar surface area (TPSA) is 86.3 Å². The first-order valence-electron chi connectivity index (χ1n) is 10.3. The molecule has 1 heterocycles. The summed E-state index contributed by atoms with van der Waals surface area (Å²) in [6.07, 6.45) is -5.05. The summed E-state index contributed by atoms with van der Waals surface area (Å²) in [4.78, 5) is 1.36. The predicted molar refractivity (Wildman–Crippen MR) is 116 cm³/mol. The Morgan fingerprint density at radius 1 is 1.00 bits per heavy atom. The summed E-state index contributed by atoms with van der Waals surface area (Å²) in [6, 6.07) is 7.61. The van der Waals surface area contributed by atoms with Gasteiger partial charge in [0.15, 0.2) is 0 Å². The van der Waals surface area contributed by atoms with Gasteiger partial charge in [0.2, 0.25) is 0 Å². The van der Waals surface area contributed by atoms with E-state index in [9.17, 15) is 21.6 Å². The normalized spacial score (nSPS) is 14.6. The maximum Gasteiger partial charge on any atom is 0.573 e. The second-order valence-electron chi connectivity index (χ2n) is 6.88. The number of hydrogen-bond acceptors (Lipinski definition) is 7. The maximum atomic E-state index is 13.0. The van der Waals surface area contributed by atoms with Crippen LogP contribution in [0.3, 0.4) is 0 Å². The minimum Gasteiger partial charge on any atom is -0.492 e. The Morgan fingerprint density at radius 2 is 1.64 bits per heavy atom. The molecule has 1 aliphatic heterocycles. The zero-order valence-electron chi connectivity index (χ0n) is 18.1. The number of anilines is 2. The molecule has 8 nitrogen and oxygen atoms in total. The second-order valence-corrected chi connectivity index (χ2v) is 8.53. The Morgan fingerprint density at radius 3 is 2.27 bits per heavy atom. The molecule has 0 spiro atoms. The van der Waals surface area contributed by atoms with Gasteiger partial charge in [-0.1, -0.05) is 12.1 Å². The van der Waals surface area contributed by atoms with E-state index in [0.717, 1.165) is 12.1 Å². The lowest BCUT2D eigenvalue weighted by Crippen LogP contribution is -2.36. The lowest BCUT2D eigenvalue weighted by atomic mass is 10.2. The number of benzene rings is 2. The van der Waals surface area contributed by atoms with Gasteiger partial charge in [0.25, 0.3) is 10.0 Å². The minimum atomic E-state index is -5.05. The molecule has 0 atom stereocenters. The van der Waals surface area contributed by atoms with Gasteiger partial charge in [-0.15, -0.1) is 13.2 Å². The maximum absolute atomic E-state index is 13.0. The standard InChI is InChI=1S/C21H25F3N2O6S/c1-3-30-18-14-16(26-9-11-29-12-10-26)19(31-4-2)13-15(18)25-33(27,28)20-8-6-5-7-17(20)32-21(22,23)24/h5-8,13-14,25H,3-4,9-12H2,1-2H3. The zero-order chi connectivity index (χ0) is 24.1. The number of rotatable bonds is 9. The van der Waals surface area contributed by atoms with Crippen LogP contribution in [0.25, 0.3) is 0 Å².